The minimum Gasteiger partial charge on any atom is -0.258 e. The quantitative estimate of drug-likeness (QED) is 0.824. The first-order valence-corrected chi connectivity index (χ1v) is 8.07. The molecule has 1 saturated heterocycles. The number of rotatable bonds is 3. The maximum atomic E-state index is 12.0. The summed E-state index contributed by atoms with van der Waals surface area (Å²) in [5.74, 6) is 2.05. The molecule has 1 aliphatic heterocycles. The van der Waals surface area contributed by atoms with E-state index in [9.17, 15) is 4.21 Å². The van der Waals surface area contributed by atoms with Crippen LogP contribution in [0.5, 0.6) is 0 Å². The van der Waals surface area contributed by atoms with Crippen molar-refractivity contribution >= 4 is 22.6 Å². The van der Waals surface area contributed by atoms with Crippen molar-refractivity contribution in [3.63, 3.8) is 0 Å². The van der Waals surface area contributed by atoms with Crippen LogP contribution in [-0.2, 0) is 17.2 Å². The Hall–Kier alpha value is -0.280. The van der Waals surface area contributed by atoms with Crippen LogP contribution in [0.1, 0.15) is 25.3 Å². The SMILES string of the molecule is C[C@]1(CCc2ccccc2)SCCCS1=O. The first-order chi connectivity index (χ1) is 7.71. The molecular weight excluding hydrogens is 236 g/mol. The molecule has 1 unspecified atom stereocenters. The Labute approximate surface area is 104 Å². The third-order valence-electron chi connectivity index (χ3n) is 3.07. The van der Waals surface area contributed by atoms with Gasteiger partial charge in [-0.3, -0.25) is 4.21 Å². The molecule has 0 aromatic heterocycles. The predicted octanol–water partition coefficient (Wildman–Crippen LogP) is 3.22. The molecule has 2 rings (SSSR count). The normalized spacial score (nSPS) is 30.2. The molecule has 0 saturated carbocycles. The molecule has 88 valence electrons. The second kappa shape index (κ2) is 5.37. The molecule has 0 aliphatic carbocycles. The zero-order valence-electron chi connectivity index (χ0n) is 9.65. The Balaban J connectivity index is 1.96. The maximum Gasteiger partial charge on any atom is 0.0883 e. The molecule has 16 heavy (non-hydrogen) atoms. The Morgan fingerprint density at radius 1 is 1.38 bits per heavy atom. The lowest BCUT2D eigenvalue weighted by Gasteiger charge is -2.32. The standard InChI is InChI=1S/C13H18OS2/c1-13(15-10-5-11-16(13)14)9-8-12-6-3-2-4-7-12/h2-4,6-7H,5,8-11H2,1H3/t13-,16?/m0/s1. The summed E-state index contributed by atoms with van der Waals surface area (Å²) in [6.07, 6.45) is 3.17. The summed E-state index contributed by atoms with van der Waals surface area (Å²) in [5, 5.41) is 0. The highest BCUT2D eigenvalue weighted by Gasteiger charge is 2.34. The molecule has 1 heterocycles. The third-order valence-corrected chi connectivity index (χ3v) is 7.12. The number of benzene rings is 1. The van der Waals surface area contributed by atoms with Gasteiger partial charge in [-0.15, -0.1) is 11.8 Å². The van der Waals surface area contributed by atoms with Gasteiger partial charge in [0.25, 0.3) is 0 Å². The van der Waals surface area contributed by atoms with Crippen molar-refractivity contribution in [1.29, 1.82) is 0 Å². The van der Waals surface area contributed by atoms with Crippen LogP contribution in [0, 0.1) is 0 Å². The Morgan fingerprint density at radius 2 is 2.12 bits per heavy atom. The van der Waals surface area contributed by atoms with Crippen molar-refractivity contribution in [3.05, 3.63) is 35.9 Å². The fourth-order valence-corrected chi connectivity index (χ4v) is 5.31. The van der Waals surface area contributed by atoms with Gasteiger partial charge in [-0.2, -0.15) is 0 Å². The van der Waals surface area contributed by atoms with E-state index in [1.165, 1.54) is 5.56 Å². The smallest absolute Gasteiger partial charge is 0.0883 e. The van der Waals surface area contributed by atoms with Gasteiger partial charge in [-0.25, -0.2) is 0 Å². The van der Waals surface area contributed by atoms with Crippen LogP contribution in [0.15, 0.2) is 30.3 Å². The van der Waals surface area contributed by atoms with Gasteiger partial charge in [0.05, 0.1) is 4.08 Å². The third kappa shape index (κ3) is 2.89. The van der Waals surface area contributed by atoms with Crippen molar-refractivity contribution in [2.75, 3.05) is 11.5 Å². The predicted molar refractivity (Wildman–Crippen MR) is 73.3 cm³/mol. The van der Waals surface area contributed by atoms with Crippen LogP contribution in [0.2, 0.25) is 0 Å². The molecule has 1 nitrogen and oxygen atoms in total. The average Bonchev–Trinajstić information content (AvgIpc) is 2.32. The van der Waals surface area contributed by atoms with Crippen LogP contribution < -0.4 is 0 Å². The lowest BCUT2D eigenvalue weighted by atomic mass is 10.1. The highest BCUT2D eigenvalue weighted by molar-refractivity contribution is 8.13. The minimum absolute atomic E-state index is 0.0198. The lowest BCUT2D eigenvalue weighted by Crippen LogP contribution is -2.33. The summed E-state index contributed by atoms with van der Waals surface area (Å²) in [4.78, 5) is 0. The van der Waals surface area contributed by atoms with Crippen molar-refractivity contribution in [2.24, 2.45) is 0 Å². The molecule has 0 radical (unpaired) electrons. The highest BCUT2D eigenvalue weighted by Crippen LogP contribution is 2.37. The van der Waals surface area contributed by atoms with Crippen LogP contribution in [0.25, 0.3) is 0 Å². The summed E-state index contributed by atoms with van der Waals surface area (Å²) >= 11 is 1.89. The van der Waals surface area contributed by atoms with E-state index in [0.29, 0.717) is 0 Å². The highest BCUT2D eigenvalue weighted by atomic mass is 32.2. The van der Waals surface area contributed by atoms with E-state index in [0.717, 1.165) is 30.8 Å². The summed E-state index contributed by atoms with van der Waals surface area (Å²) in [7, 11) is -0.654. The van der Waals surface area contributed by atoms with Crippen molar-refractivity contribution in [3.8, 4) is 0 Å². The molecule has 1 aromatic carbocycles. The van der Waals surface area contributed by atoms with Gasteiger partial charge in [0.2, 0.25) is 0 Å². The monoisotopic (exact) mass is 254 g/mol. The summed E-state index contributed by atoms with van der Waals surface area (Å²) in [6.45, 7) is 2.16. The molecule has 3 heteroatoms. The van der Waals surface area contributed by atoms with E-state index >= 15 is 0 Å². The van der Waals surface area contributed by atoms with E-state index in [4.69, 9.17) is 0 Å². The second-order valence-corrected chi connectivity index (χ2v) is 8.23. The van der Waals surface area contributed by atoms with Gasteiger partial charge in [0.1, 0.15) is 0 Å². The zero-order valence-corrected chi connectivity index (χ0v) is 11.3. The first-order valence-electron chi connectivity index (χ1n) is 5.77. The van der Waals surface area contributed by atoms with Crippen molar-refractivity contribution in [1.82, 2.24) is 0 Å². The number of hydrogen-bond acceptors (Lipinski definition) is 2. The lowest BCUT2D eigenvalue weighted by molar-refractivity contribution is 0.648. The Bertz CT molecular complexity index is 363. The number of aryl methyl sites for hydroxylation is 1. The Morgan fingerprint density at radius 3 is 2.81 bits per heavy atom. The van der Waals surface area contributed by atoms with Crippen LogP contribution in [-0.4, -0.2) is 19.8 Å². The number of hydrogen-bond donors (Lipinski definition) is 0. The second-order valence-electron chi connectivity index (χ2n) is 4.37. The fraction of sp³-hybridized carbons (Fsp3) is 0.538. The molecule has 0 amide bonds. The van der Waals surface area contributed by atoms with Crippen molar-refractivity contribution in [2.45, 2.75) is 30.3 Å². The average molecular weight is 254 g/mol. The molecule has 0 N–H and O–H groups in total. The van der Waals surface area contributed by atoms with Gasteiger partial charge >= 0.3 is 0 Å². The molecule has 1 fully saturated rings. The number of thioether (sulfide) groups is 1. The van der Waals surface area contributed by atoms with Gasteiger partial charge in [-0.05, 0) is 37.5 Å². The van der Waals surface area contributed by atoms with Gasteiger partial charge in [0, 0.05) is 16.6 Å². The van der Waals surface area contributed by atoms with Gasteiger partial charge in [0.15, 0.2) is 0 Å². The maximum absolute atomic E-state index is 12.0. The molecule has 1 aliphatic rings. The van der Waals surface area contributed by atoms with Crippen LogP contribution in [0.3, 0.4) is 0 Å². The Kier molecular flexibility index (Phi) is 4.09. The molecule has 0 spiro atoms. The van der Waals surface area contributed by atoms with Crippen LogP contribution >= 0.6 is 11.8 Å². The minimum atomic E-state index is -0.654. The summed E-state index contributed by atoms with van der Waals surface area (Å²) in [6, 6.07) is 10.5. The fourth-order valence-electron chi connectivity index (χ4n) is 1.96. The summed E-state index contributed by atoms with van der Waals surface area (Å²) in [5.41, 5.74) is 1.35. The van der Waals surface area contributed by atoms with E-state index in [-0.39, 0.29) is 4.08 Å². The molecular formula is C13H18OS2. The molecule has 0 bridgehead atoms. The largest absolute Gasteiger partial charge is 0.258 e. The van der Waals surface area contributed by atoms with Gasteiger partial charge in [-0.1, -0.05) is 30.3 Å². The van der Waals surface area contributed by atoms with Crippen molar-refractivity contribution < 1.29 is 4.21 Å². The van der Waals surface area contributed by atoms with E-state index in [1.54, 1.807) is 0 Å². The van der Waals surface area contributed by atoms with E-state index < -0.39 is 10.8 Å². The first kappa shape index (κ1) is 12.2. The van der Waals surface area contributed by atoms with E-state index in [1.807, 2.05) is 17.8 Å². The zero-order chi connectivity index (χ0) is 11.4. The molecule has 2 atom stereocenters. The van der Waals surface area contributed by atoms with E-state index in [2.05, 4.69) is 31.2 Å². The molecule has 1 aromatic rings. The van der Waals surface area contributed by atoms with Gasteiger partial charge < -0.3 is 0 Å². The van der Waals surface area contributed by atoms with Crippen LogP contribution in [0.4, 0.5) is 0 Å². The topological polar surface area (TPSA) is 17.1 Å². The summed E-state index contributed by atoms with van der Waals surface area (Å²) < 4.78 is 12.0.